The molecule has 0 aliphatic carbocycles. The number of halogens is 1. The molecule has 0 radical (unpaired) electrons. The van der Waals surface area contributed by atoms with Gasteiger partial charge in [0.05, 0.1) is 16.3 Å². The van der Waals surface area contributed by atoms with E-state index in [1.807, 2.05) is 31.2 Å². The Labute approximate surface area is 150 Å². The quantitative estimate of drug-likeness (QED) is 0.679. The van der Waals surface area contributed by atoms with Crippen molar-refractivity contribution < 1.29 is 9.18 Å². The van der Waals surface area contributed by atoms with Crippen LogP contribution in [0.15, 0.2) is 53.7 Å². The summed E-state index contributed by atoms with van der Waals surface area (Å²) in [5, 5.41) is 3.46. The van der Waals surface area contributed by atoms with E-state index in [-0.39, 0.29) is 17.0 Å². The van der Waals surface area contributed by atoms with Gasteiger partial charge in [0, 0.05) is 13.1 Å². The second kappa shape index (κ2) is 7.70. The number of rotatable bonds is 6. The number of carbonyl (C=O) groups is 1. The van der Waals surface area contributed by atoms with E-state index in [1.165, 1.54) is 23.9 Å². The van der Waals surface area contributed by atoms with Gasteiger partial charge in [-0.25, -0.2) is 9.37 Å². The van der Waals surface area contributed by atoms with E-state index in [0.717, 1.165) is 28.3 Å². The van der Waals surface area contributed by atoms with Crippen molar-refractivity contribution in [3.05, 3.63) is 59.9 Å². The third-order valence-electron chi connectivity index (χ3n) is 3.97. The standard InChI is InChI=1S/C19H20FN3OS/c1-3-23-17-7-5-4-6-16(17)22-19(23)25-13(2)18(24)21-12-14-8-10-15(20)11-9-14/h4-11,13H,3,12H2,1-2H3,(H,21,24). The maximum absolute atomic E-state index is 12.9. The molecule has 1 unspecified atom stereocenters. The number of carbonyl (C=O) groups excluding carboxylic acids is 1. The van der Waals surface area contributed by atoms with Crippen LogP contribution in [0, 0.1) is 5.82 Å². The number of benzene rings is 2. The number of para-hydroxylation sites is 2. The lowest BCUT2D eigenvalue weighted by atomic mass is 10.2. The highest BCUT2D eigenvalue weighted by Gasteiger charge is 2.18. The molecule has 130 valence electrons. The van der Waals surface area contributed by atoms with Crippen molar-refractivity contribution in [3.8, 4) is 0 Å². The fourth-order valence-electron chi connectivity index (χ4n) is 2.60. The Balaban J connectivity index is 1.66. The van der Waals surface area contributed by atoms with Crippen molar-refractivity contribution in [3.63, 3.8) is 0 Å². The lowest BCUT2D eigenvalue weighted by molar-refractivity contribution is -0.120. The molecule has 1 N–H and O–H groups in total. The van der Waals surface area contributed by atoms with Crippen molar-refractivity contribution in [1.82, 2.24) is 14.9 Å². The Morgan fingerprint density at radius 2 is 1.96 bits per heavy atom. The molecule has 0 aliphatic rings. The van der Waals surface area contributed by atoms with E-state index >= 15 is 0 Å². The number of nitrogens with one attached hydrogen (secondary N) is 1. The van der Waals surface area contributed by atoms with E-state index in [0.29, 0.717) is 6.54 Å². The van der Waals surface area contributed by atoms with Crippen LogP contribution in [-0.4, -0.2) is 20.7 Å². The van der Waals surface area contributed by atoms with Crippen LogP contribution in [0.25, 0.3) is 11.0 Å². The highest BCUT2D eigenvalue weighted by atomic mass is 32.2. The summed E-state index contributed by atoms with van der Waals surface area (Å²) in [6.45, 7) is 5.11. The second-order valence-electron chi connectivity index (χ2n) is 5.73. The number of aryl methyl sites for hydroxylation is 1. The number of fused-ring (bicyclic) bond motifs is 1. The van der Waals surface area contributed by atoms with Gasteiger partial charge in [0.2, 0.25) is 5.91 Å². The number of hydrogen-bond donors (Lipinski definition) is 1. The number of hydrogen-bond acceptors (Lipinski definition) is 3. The summed E-state index contributed by atoms with van der Waals surface area (Å²) in [5.74, 6) is -0.346. The summed E-state index contributed by atoms with van der Waals surface area (Å²) in [7, 11) is 0. The van der Waals surface area contributed by atoms with Gasteiger partial charge in [0.25, 0.3) is 0 Å². The Morgan fingerprint density at radius 1 is 1.24 bits per heavy atom. The van der Waals surface area contributed by atoms with Crippen LogP contribution in [0.1, 0.15) is 19.4 Å². The maximum Gasteiger partial charge on any atom is 0.233 e. The minimum absolute atomic E-state index is 0.0657. The third kappa shape index (κ3) is 4.02. The minimum atomic E-state index is -0.280. The summed E-state index contributed by atoms with van der Waals surface area (Å²) < 4.78 is 15.0. The molecular formula is C19H20FN3OS. The first-order valence-corrected chi connectivity index (χ1v) is 9.10. The summed E-state index contributed by atoms with van der Waals surface area (Å²) in [6.07, 6.45) is 0. The van der Waals surface area contributed by atoms with E-state index in [4.69, 9.17) is 0 Å². The van der Waals surface area contributed by atoms with Crippen molar-refractivity contribution >= 4 is 28.7 Å². The largest absolute Gasteiger partial charge is 0.351 e. The van der Waals surface area contributed by atoms with Crippen LogP contribution in [0.4, 0.5) is 4.39 Å². The fourth-order valence-corrected chi connectivity index (χ4v) is 3.61. The SMILES string of the molecule is CCn1c(SC(C)C(=O)NCc2ccc(F)cc2)nc2ccccc21. The highest BCUT2D eigenvalue weighted by Crippen LogP contribution is 2.27. The summed E-state index contributed by atoms with van der Waals surface area (Å²) in [6, 6.07) is 14.1. The molecule has 3 aromatic rings. The first-order chi connectivity index (χ1) is 12.1. The summed E-state index contributed by atoms with van der Waals surface area (Å²) >= 11 is 1.45. The molecule has 1 aromatic heterocycles. The monoisotopic (exact) mass is 357 g/mol. The van der Waals surface area contributed by atoms with Gasteiger partial charge in [-0.1, -0.05) is 36.0 Å². The molecule has 25 heavy (non-hydrogen) atoms. The summed E-state index contributed by atoms with van der Waals surface area (Å²) in [4.78, 5) is 17.0. The zero-order chi connectivity index (χ0) is 17.8. The maximum atomic E-state index is 12.9. The smallest absolute Gasteiger partial charge is 0.233 e. The van der Waals surface area contributed by atoms with Gasteiger partial charge in [-0.05, 0) is 43.7 Å². The molecule has 6 heteroatoms. The fraction of sp³-hybridized carbons (Fsp3) is 0.263. The van der Waals surface area contributed by atoms with Gasteiger partial charge in [-0.15, -0.1) is 0 Å². The molecule has 4 nitrogen and oxygen atoms in total. The Bertz CT molecular complexity index is 876. The molecule has 1 heterocycles. The molecule has 0 aliphatic heterocycles. The first-order valence-electron chi connectivity index (χ1n) is 8.22. The zero-order valence-corrected chi connectivity index (χ0v) is 15.0. The predicted molar refractivity (Wildman–Crippen MR) is 99.0 cm³/mol. The van der Waals surface area contributed by atoms with Crippen LogP contribution < -0.4 is 5.32 Å². The van der Waals surface area contributed by atoms with E-state index < -0.39 is 0 Å². The van der Waals surface area contributed by atoms with Crippen molar-refractivity contribution in [2.75, 3.05) is 0 Å². The first kappa shape index (κ1) is 17.5. The van der Waals surface area contributed by atoms with Crippen molar-refractivity contribution in [2.45, 2.75) is 37.3 Å². The molecule has 1 atom stereocenters. The average Bonchev–Trinajstić information content (AvgIpc) is 2.97. The van der Waals surface area contributed by atoms with Gasteiger partial charge in [0.1, 0.15) is 5.82 Å². The summed E-state index contributed by atoms with van der Waals surface area (Å²) in [5.41, 5.74) is 2.88. The Morgan fingerprint density at radius 3 is 2.68 bits per heavy atom. The molecule has 0 spiro atoms. The van der Waals surface area contributed by atoms with E-state index in [1.54, 1.807) is 12.1 Å². The number of amides is 1. The third-order valence-corrected chi connectivity index (χ3v) is 5.06. The number of thioether (sulfide) groups is 1. The van der Waals surface area contributed by atoms with Crippen LogP contribution in [0.2, 0.25) is 0 Å². The Hall–Kier alpha value is -2.34. The molecule has 0 bridgehead atoms. The predicted octanol–water partition coefficient (Wildman–Crippen LogP) is 3.99. The minimum Gasteiger partial charge on any atom is -0.351 e. The van der Waals surface area contributed by atoms with Gasteiger partial charge in [-0.3, -0.25) is 4.79 Å². The second-order valence-corrected chi connectivity index (χ2v) is 7.04. The van der Waals surface area contributed by atoms with Gasteiger partial charge in [-0.2, -0.15) is 0 Å². The van der Waals surface area contributed by atoms with Gasteiger partial charge < -0.3 is 9.88 Å². The van der Waals surface area contributed by atoms with Gasteiger partial charge in [0.15, 0.2) is 5.16 Å². The van der Waals surface area contributed by atoms with Crippen LogP contribution in [0.3, 0.4) is 0 Å². The van der Waals surface area contributed by atoms with Crippen LogP contribution in [0.5, 0.6) is 0 Å². The Kier molecular flexibility index (Phi) is 5.38. The lowest BCUT2D eigenvalue weighted by Crippen LogP contribution is -2.30. The lowest BCUT2D eigenvalue weighted by Gasteiger charge is -2.12. The molecule has 2 aromatic carbocycles. The zero-order valence-electron chi connectivity index (χ0n) is 14.2. The average molecular weight is 357 g/mol. The molecular weight excluding hydrogens is 337 g/mol. The molecule has 0 fully saturated rings. The highest BCUT2D eigenvalue weighted by molar-refractivity contribution is 8.00. The number of aromatic nitrogens is 2. The topological polar surface area (TPSA) is 46.9 Å². The van der Waals surface area contributed by atoms with E-state index in [2.05, 4.69) is 21.8 Å². The number of imidazole rings is 1. The molecule has 1 amide bonds. The number of nitrogens with zero attached hydrogens (tertiary/aromatic N) is 2. The van der Waals surface area contributed by atoms with E-state index in [9.17, 15) is 9.18 Å². The van der Waals surface area contributed by atoms with Crippen molar-refractivity contribution in [1.29, 1.82) is 0 Å². The van der Waals surface area contributed by atoms with Gasteiger partial charge >= 0.3 is 0 Å². The molecule has 0 saturated carbocycles. The molecule has 0 saturated heterocycles. The normalized spacial score (nSPS) is 12.3. The van der Waals surface area contributed by atoms with Crippen LogP contribution >= 0.6 is 11.8 Å². The molecule has 3 rings (SSSR count). The van der Waals surface area contributed by atoms with Crippen LogP contribution in [-0.2, 0) is 17.9 Å². The van der Waals surface area contributed by atoms with Crippen molar-refractivity contribution in [2.24, 2.45) is 0 Å².